The van der Waals surface area contributed by atoms with Crippen molar-refractivity contribution in [1.82, 2.24) is 4.98 Å². The number of aromatic nitrogens is 1. The van der Waals surface area contributed by atoms with E-state index in [2.05, 4.69) is 4.98 Å². The number of H-pyrrole nitrogens is 1. The van der Waals surface area contributed by atoms with Crippen molar-refractivity contribution in [2.75, 3.05) is 13.6 Å². The molecule has 2 heterocycles. The Kier molecular flexibility index (Phi) is 3.29. The highest BCUT2D eigenvalue weighted by molar-refractivity contribution is 5.85. The van der Waals surface area contributed by atoms with Crippen LogP contribution >= 0.6 is 0 Å². The number of amides is 1. The standard InChI is InChI=1S/C17H22FN2O2/c1-17(2,3)22-16(21)20(4)9-8-11-12-6-5-7-13(18)15(12)19-14(11)10-20/h5-7,19H,8-10H2,1-4H3/q+1. The van der Waals surface area contributed by atoms with E-state index in [1.54, 1.807) is 6.07 Å². The van der Waals surface area contributed by atoms with Crippen LogP contribution in [0, 0.1) is 5.82 Å². The molecule has 1 aromatic heterocycles. The minimum Gasteiger partial charge on any atom is -0.414 e. The van der Waals surface area contributed by atoms with E-state index in [1.165, 1.54) is 6.07 Å². The van der Waals surface area contributed by atoms with Gasteiger partial charge in [-0.2, -0.15) is 4.79 Å². The van der Waals surface area contributed by atoms with Gasteiger partial charge in [0.25, 0.3) is 0 Å². The van der Waals surface area contributed by atoms with Crippen LogP contribution in [-0.2, 0) is 17.7 Å². The van der Waals surface area contributed by atoms with E-state index in [1.807, 2.05) is 33.9 Å². The van der Waals surface area contributed by atoms with Gasteiger partial charge in [-0.1, -0.05) is 12.1 Å². The number of benzene rings is 1. The smallest absolute Gasteiger partial charge is 0.414 e. The molecule has 0 fully saturated rings. The second kappa shape index (κ2) is 4.81. The molecule has 1 aliphatic rings. The van der Waals surface area contributed by atoms with Crippen LogP contribution in [0.1, 0.15) is 32.0 Å². The Morgan fingerprint density at radius 2 is 2.09 bits per heavy atom. The number of rotatable bonds is 0. The van der Waals surface area contributed by atoms with Crippen molar-refractivity contribution in [3.63, 3.8) is 0 Å². The normalized spacial score (nSPS) is 21.7. The van der Waals surface area contributed by atoms with Crippen LogP contribution in [0.2, 0.25) is 0 Å². The molecule has 1 N–H and O–H groups in total. The first-order valence-electron chi connectivity index (χ1n) is 7.56. The van der Waals surface area contributed by atoms with Gasteiger partial charge in [-0.15, -0.1) is 0 Å². The number of hydrogen-bond acceptors (Lipinski definition) is 2. The molecule has 118 valence electrons. The summed E-state index contributed by atoms with van der Waals surface area (Å²) in [7, 11) is 1.87. The topological polar surface area (TPSA) is 42.1 Å². The van der Waals surface area contributed by atoms with Gasteiger partial charge < -0.3 is 9.72 Å². The van der Waals surface area contributed by atoms with Crippen molar-refractivity contribution in [3.05, 3.63) is 35.3 Å². The van der Waals surface area contributed by atoms with Gasteiger partial charge in [0.2, 0.25) is 0 Å². The van der Waals surface area contributed by atoms with Gasteiger partial charge in [0.15, 0.2) is 0 Å². The number of halogens is 1. The predicted molar refractivity (Wildman–Crippen MR) is 83.0 cm³/mol. The Hall–Kier alpha value is -1.88. The number of aromatic amines is 1. The first-order valence-corrected chi connectivity index (χ1v) is 7.56. The predicted octanol–water partition coefficient (Wildman–Crippen LogP) is 3.74. The minimum absolute atomic E-state index is 0.179. The molecule has 0 saturated carbocycles. The van der Waals surface area contributed by atoms with Crippen LogP contribution in [0.25, 0.3) is 10.9 Å². The molecule has 0 radical (unpaired) electrons. The van der Waals surface area contributed by atoms with Gasteiger partial charge in [-0.3, -0.25) is 0 Å². The van der Waals surface area contributed by atoms with Crippen LogP contribution in [0.3, 0.4) is 0 Å². The molecular formula is C17H22FN2O2+. The molecule has 4 nitrogen and oxygen atoms in total. The number of nitrogens with zero attached hydrogens (tertiary/aromatic N) is 1. The van der Waals surface area contributed by atoms with Crippen LogP contribution in [0.4, 0.5) is 9.18 Å². The summed E-state index contributed by atoms with van der Waals surface area (Å²) in [5.41, 5.74) is 2.07. The quantitative estimate of drug-likeness (QED) is 0.753. The lowest BCUT2D eigenvalue weighted by atomic mass is 10.0. The SMILES string of the molecule is CC(C)(C)OC(=O)[N+]1(C)CCc2c([nH]c3c(F)cccc23)C1. The molecule has 2 aromatic rings. The summed E-state index contributed by atoms with van der Waals surface area (Å²) in [5.74, 6) is -0.252. The van der Waals surface area contributed by atoms with E-state index in [0.717, 1.165) is 23.1 Å². The van der Waals surface area contributed by atoms with Crippen LogP contribution in [-0.4, -0.2) is 34.8 Å². The molecular weight excluding hydrogens is 283 g/mol. The Morgan fingerprint density at radius 1 is 1.36 bits per heavy atom. The Labute approximate surface area is 129 Å². The maximum atomic E-state index is 13.9. The van der Waals surface area contributed by atoms with Crippen molar-refractivity contribution in [1.29, 1.82) is 0 Å². The van der Waals surface area contributed by atoms with Crippen molar-refractivity contribution >= 4 is 17.0 Å². The van der Waals surface area contributed by atoms with Crippen molar-refractivity contribution in [2.24, 2.45) is 0 Å². The zero-order chi connectivity index (χ0) is 16.1. The highest BCUT2D eigenvalue weighted by Gasteiger charge is 2.41. The first kappa shape index (κ1) is 15.0. The molecule has 22 heavy (non-hydrogen) atoms. The fourth-order valence-electron chi connectivity index (χ4n) is 3.03. The molecule has 0 bridgehead atoms. The summed E-state index contributed by atoms with van der Waals surface area (Å²) < 4.78 is 19.6. The summed E-state index contributed by atoms with van der Waals surface area (Å²) in [6.45, 7) is 6.75. The highest BCUT2D eigenvalue weighted by Crippen LogP contribution is 2.32. The van der Waals surface area contributed by atoms with E-state index in [9.17, 15) is 9.18 Å². The number of nitrogens with one attached hydrogen (secondary N) is 1. The number of para-hydroxylation sites is 1. The van der Waals surface area contributed by atoms with Crippen LogP contribution in [0.5, 0.6) is 0 Å². The van der Waals surface area contributed by atoms with Gasteiger partial charge in [0.05, 0.1) is 24.8 Å². The van der Waals surface area contributed by atoms with Gasteiger partial charge in [0.1, 0.15) is 18.0 Å². The van der Waals surface area contributed by atoms with Crippen molar-refractivity contribution in [2.45, 2.75) is 39.3 Å². The molecule has 1 unspecified atom stereocenters. The van der Waals surface area contributed by atoms with E-state index >= 15 is 0 Å². The van der Waals surface area contributed by atoms with Gasteiger partial charge in [-0.25, -0.2) is 8.87 Å². The number of hydrogen-bond donors (Lipinski definition) is 1. The molecule has 1 aliphatic heterocycles. The molecule has 5 heteroatoms. The fourth-order valence-corrected chi connectivity index (χ4v) is 3.03. The molecule has 1 amide bonds. The van der Waals surface area contributed by atoms with Crippen LogP contribution < -0.4 is 0 Å². The van der Waals surface area contributed by atoms with E-state index in [0.29, 0.717) is 18.6 Å². The third kappa shape index (κ3) is 2.50. The average molecular weight is 305 g/mol. The number of quaternary nitrogens is 1. The summed E-state index contributed by atoms with van der Waals surface area (Å²) >= 11 is 0. The van der Waals surface area contributed by atoms with Crippen molar-refractivity contribution in [3.8, 4) is 0 Å². The zero-order valence-corrected chi connectivity index (χ0v) is 13.5. The average Bonchev–Trinajstić information content (AvgIpc) is 2.75. The van der Waals surface area contributed by atoms with Crippen LogP contribution in [0.15, 0.2) is 18.2 Å². The molecule has 3 rings (SSSR count). The number of carbonyl (C=O) groups excluding carboxylic acids is 1. The number of ether oxygens (including phenoxy) is 1. The summed E-state index contributed by atoms with van der Waals surface area (Å²) in [6.07, 6.45) is 0.492. The maximum absolute atomic E-state index is 13.9. The molecule has 1 atom stereocenters. The minimum atomic E-state index is -0.509. The summed E-state index contributed by atoms with van der Waals surface area (Å²) in [4.78, 5) is 15.6. The highest BCUT2D eigenvalue weighted by atomic mass is 19.1. The number of carbonyl (C=O) groups is 1. The summed E-state index contributed by atoms with van der Waals surface area (Å²) in [5, 5.41) is 0.922. The Morgan fingerprint density at radius 3 is 2.77 bits per heavy atom. The molecule has 1 aromatic carbocycles. The largest absolute Gasteiger partial charge is 0.516 e. The third-order valence-electron chi connectivity index (χ3n) is 4.18. The van der Waals surface area contributed by atoms with E-state index in [4.69, 9.17) is 4.74 Å². The molecule has 0 saturated heterocycles. The Bertz CT molecular complexity index is 745. The third-order valence-corrected chi connectivity index (χ3v) is 4.18. The number of likely N-dealkylation sites (N-methyl/N-ethyl adjacent to an activating group) is 1. The number of fused-ring (bicyclic) bond motifs is 3. The monoisotopic (exact) mass is 305 g/mol. The lowest BCUT2D eigenvalue weighted by molar-refractivity contribution is -0.854. The summed E-state index contributed by atoms with van der Waals surface area (Å²) in [6, 6.07) is 5.10. The van der Waals surface area contributed by atoms with Gasteiger partial charge >= 0.3 is 6.09 Å². The van der Waals surface area contributed by atoms with Gasteiger partial charge in [-0.05, 0) is 32.4 Å². The zero-order valence-electron chi connectivity index (χ0n) is 13.5. The second-order valence-corrected chi connectivity index (χ2v) is 7.25. The lowest BCUT2D eigenvalue weighted by Crippen LogP contribution is -2.53. The lowest BCUT2D eigenvalue weighted by Gasteiger charge is -2.35. The second-order valence-electron chi connectivity index (χ2n) is 7.25. The van der Waals surface area contributed by atoms with Gasteiger partial charge in [0, 0.05) is 11.8 Å². The Balaban J connectivity index is 1.95. The first-order chi connectivity index (χ1) is 10.2. The molecule has 0 spiro atoms. The van der Waals surface area contributed by atoms with Crippen molar-refractivity contribution < 1.29 is 18.4 Å². The van der Waals surface area contributed by atoms with E-state index in [-0.39, 0.29) is 16.4 Å². The van der Waals surface area contributed by atoms with E-state index < -0.39 is 5.60 Å². The molecule has 0 aliphatic carbocycles. The fraction of sp³-hybridized carbons (Fsp3) is 0.471. The maximum Gasteiger partial charge on any atom is 0.516 e.